The Morgan fingerprint density at radius 2 is 2.18 bits per heavy atom. The maximum absolute atomic E-state index is 13.8. The van der Waals surface area contributed by atoms with E-state index >= 15 is 0 Å². The van der Waals surface area contributed by atoms with E-state index in [4.69, 9.17) is 9.84 Å². The maximum atomic E-state index is 13.8. The van der Waals surface area contributed by atoms with Crippen LogP contribution in [0.3, 0.4) is 0 Å². The Morgan fingerprint density at radius 3 is 2.77 bits per heavy atom. The van der Waals surface area contributed by atoms with E-state index in [0.29, 0.717) is 19.5 Å². The highest BCUT2D eigenvalue weighted by molar-refractivity contribution is 5.97. The number of amides is 1. The number of hydrogen-bond acceptors (Lipinski definition) is 3. The monoisotopic (exact) mass is 309 g/mol. The van der Waals surface area contributed by atoms with Gasteiger partial charge in [-0.25, -0.2) is 4.39 Å². The number of carbonyl (C=O) groups is 2. The minimum Gasteiger partial charge on any atom is -0.490 e. The SMILES string of the molecule is CCOc1c(F)cccc1C(=O)N1CCC(C(=O)O)C(C)C1. The first-order valence-corrected chi connectivity index (χ1v) is 7.39. The molecule has 1 aliphatic rings. The van der Waals surface area contributed by atoms with E-state index in [-0.39, 0.29) is 29.7 Å². The molecule has 0 aromatic heterocycles. The van der Waals surface area contributed by atoms with E-state index in [1.54, 1.807) is 11.8 Å². The number of carboxylic acid groups (broad SMARTS) is 1. The standard InChI is InChI=1S/C16H20FNO4/c1-3-22-14-12(5-4-6-13(14)17)15(19)18-8-7-11(16(20)21)10(2)9-18/h4-6,10-11H,3,7-9H2,1-2H3,(H,20,21). The van der Waals surface area contributed by atoms with Crippen molar-refractivity contribution in [2.75, 3.05) is 19.7 Å². The van der Waals surface area contributed by atoms with Gasteiger partial charge in [0.05, 0.1) is 18.1 Å². The van der Waals surface area contributed by atoms with E-state index in [2.05, 4.69) is 0 Å². The van der Waals surface area contributed by atoms with Crippen LogP contribution in [0, 0.1) is 17.7 Å². The fourth-order valence-electron chi connectivity index (χ4n) is 2.84. The highest BCUT2D eigenvalue weighted by atomic mass is 19.1. The smallest absolute Gasteiger partial charge is 0.306 e. The van der Waals surface area contributed by atoms with Crippen LogP contribution in [-0.2, 0) is 4.79 Å². The molecule has 1 N–H and O–H groups in total. The van der Waals surface area contributed by atoms with E-state index in [1.165, 1.54) is 18.2 Å². The van der Waals surface area contributed by atoms with Crippen LogP contribution in [0.15, 0.2) is 18.2 Å². The quantitative estimate of drug-likeness (QED) is 0.927. The first kappa shape index (κ1) is 16.3. The van der Waals surface area contributed by atoms with Gasteiger partial charge < -0.3 is 14.7 Å². The highest BCUT2D eigenvalue weighted by Crippen LogP contribution is 2.28. The second-order valence-electron chi connectivity index (χ2n) is 5.51. The van der Waals surface area contributed by atoms with Crippen LogP contribution in [-0.4, -0.2) is 41.6 Å². The van der Waals surface area contributed by atoms with Crippen LogP contribution in [0.4, 0.5) is 4.39 Å². The molecular weight excluding hydrogens is 289 g/mol. The first-order chi connectivity index (χ1) is 10.5. The summed E-state index contributed by atoms with van der Waals surface area (Å²) >= 11 is 0. The van der Waals surface area contributed by atoms with E-state index in [0.717, 1.165) is 0 Å². The van der Waals surface area contributed by atoms with Gasteiger partial charge in [-0.1, -0.05) is 13.0 Å². The molecule has 22 heavy (non-hydrogen) atoms. The van der Waals surface area contributed by atoms with Gasteiger partial charge in [0.2, 0.25) is 0 Å². The molecule has 2 rings (SSSR count). The molecule has 5 nitrogen and oxygen atoms in total. The molecule has 2 unspecified atom stereocenters. The summed E-state index contributed by atoms with van der Waals surface area (Å²) in [7, 11) is 0. The fourth-order valence-corrected chi connectivity index (χ4v) is 2.84. The number of ether oxygens (including phenoxy) is 1. The Balaban J connectivity index is 2.19. The molecular formula is C16H20FNO4. The molecule has 1 amide bonds. The summed E-state index contributed by atoms with van der Waals surface area (Å²) in [6, 6.07) is 4.25. The fraction of sp³-hybridized carbons (Fsp3) is 0.500. The molecule has 0 radical (unpaired) electrons. The molecule has 120 valence electrons. The largest absolute Gasteiger partial charge is 0.490 e. The summed E-state index contributed by atoms with van der Waals surface area (Å²) in [5, 5.41) is 9.13. The van der Waals surface area contributed by atoms with Gasteiger partial charge in [-0.2, -0.15) is 0 Å². The summed E-state index contributed by atoms with van der Waals surface area (Å²) in [5.41, 5.74) is 0.183. The highest BCUT2D eigenvalue weighted by Gasteiger charge is 2.34. The second kappa shape index (κ2) is 6.77. The lowest BCUT2D eigenvalue weighted by molar-refractivity contribution is -0.145. The van der Waals surface area contributed by atoms with Crippen molar-refractivity contribution < 1.29 is 23.8 Å². The number of benzene rings is 1. The zero-order valence-corrected chi connectivity index (χ0v) is 12.7. The summed E-state index contributed by atoms with van der Waals surface area (Å²) in [6.07, 6.45) is 0.404. The Hall–Kier alpha value is -2.11. The van der Waals surface area contributed by atoms with Crippen molar-refractivity contribution in [1.29, 1.82) is 0 Å². The van der Waals surface area contributed by atoms with Crippen LogP contribution in [0.5, 0.6) is 5.75 Å². The number of piperidine rings is 1. The lowest BCUT2D eigenvalue weighted by Crippen LogP contribution is -2.45. The zero-order chi connectivity index (χ0) is 16.3. The topological polar surface area (TPSA) is 66.8 Å². The zero-order valence-electron chi connectivity index (χ0n) is 12.7. The van der Waals surface area contributed by atoms with Gasteiger partial charge in [0, 0.05) is 13.1 Å². The molecule has 1 aromatic carbocycles. The van der Waals surface area contributed by atoms with Crippen molar-refractivity contribution in [1.82, 2.24) is 4.90 Å². The van der Waals surface area contributed by atoms with Crippen LogP contribution in [0.1, 0.15) is 30.6 Å². The van der Waals surface area contributed by atoms with Gasteiger partial charge in [-0.05, 0) is 31.4 Å². The number of para-hydroxylation sites is 1. The molecule has 1 heterocycles. The molecule has 0 saturated carbocycles. The van der Waals surface area contributed by atoms with Crippen molar-refractivity contribution >= 4 is 11.9 Å². The molecule has 0 bridgehead atoms. The molecule has 1 aromatic rings. The molecule has 1 saturated heterocycles. The Labute approximate surface area is 128 Å². The van der Waals surface area contributed by atoms with Gasteiger partial charge in [0.1, 0.15) is 0 Å². The van der Waals surface area contributed by atoms with Crippen LogP contribution in [0.2, 0.25) is 0 Å². The summed E-state index contributed by atoms with van der Waals surface area (Å²) in [6.45, 7) is 4.49. The summed E-state index contributed by atoms with van der Waals surface area (Å²) in [5.74, 6) is -2.34. The van der Waals surface area contributed by atoms with Crippen LogP contribution >= 0.6 is 0 Å². The van der Waals surface area contributed by atoms with Crippen molar-refractivity contribution in [3.8, 4) is 5.75 Å². The number of halogens is 1. The maximum Gasteiger partial charge on any atom is 0.306 e. The number of aliphatic carboxylic acids is 1. The van der Waals surface area contributed by atoms with Crippen molar-refractivity contribution in [2.45, 2.75) is 20.3 Å². The van der Waals surface area contributed by atoms with E-state index < -0.39 is 17.7 Å². The Bertz CT molecular complexity index is 575. The number of rotatable bonds is 4. The number of nitrogens with zero attached hydrogens (tertiary/aromatic N) is 1. The molecule has 1 fully saturated rings. The number of carbonyl (C=O) groups excluding carboxylic acids is 1. The third-order valence-corrected chi connectivity index (χ3v) is 4.00. The van der Waals surface area contributed by atoms with Crippen molar-refractivity contribution in [2.24, 2.45) is 11.8 Å². The first-order valence-electron chi connectivity index (χ1n) is 7.39. The van der Waals surface area contributed by atoms with Gasteiger partial charge >= 0.3 is 5.97 Å². The van der Waals surface area contributed by atoms with E-state index in [9.17, 15) is 14.0 Å². The third kappa shape index (κ3) is 3.21. The molecule has 0 aliphatic carbocycles. The summed E-state index contributed by atoms with van der Waals surface area (Å²) < 4.78 is 19.1. The van der Waals surface area contributed by atoms with Gasteiger partial charge in [0.25, 0.3) is 5.91 Å². The van der Waals surface area contributed by atoms with Crippen LogP contribution in [0.25, 0.3) is 0 Å². The minimum atomic E-state index is -0.833. The number of likely N-dealkylation sites (tertiary alicyclic amines) is 1. The van der Waals surface area contributed by atoms with Crippen molar-refractivity contribution in [3.63, 3.8) is 0 Å². The predicted molar refractivity (Wildman–Crippen MR) is 78.4 cm³/mol. The third-order valence-electron chi connectivity index (χ3n) is 4.00. The number of hydrogen-bond donors (Lipinski definition) is 1. The molecule has 1 aliphatic heterocycles. The number of carboxylic acids is 1. The lowest BCUT2D eigenvalue weighted by atomic mass is 9.87. The van der Waals surface area contributed by atoms with Gasteiger partial charge in [-0.15, -0.1) is 0 Å². The molecule has 6 heteroatoms. The minimum absolute atomic E-state index is 0.0389. The van der Waals surface area contributed by atoms with Crippen LogP contribution < -0.4 is 4.74 Å². The van der Waals surface area contributed by atoms with Crippen molar-refractivity contribution in [3.05, 3.63) is 29.6 Å². The second-order valence-corrected chi connectivity index (χ2v) is 5.51. The predicted octanol–water partition coefficient (Wildman–Crippen LogP) is 2.41. The summed E-state index contributed by atoms with van der Waals surface area (Å²) in [4.78, 5) is 25.3. The molecule has 0 spiro atoms. The molecule has 2 atom stereocenters. The average molecular weight is 309 g/mol. The normalized spacial score (nSPS) is 21.5. The Morgan fingerprint density at radius 1 is 1.45 bits per heavy atom. The van der Waals surface area contributed by atoms with Gasteiger partial charge in [-0.3, -0.25) is 9.59 Å². The average Bonchev–Trinajstić information content (AvgIpc) is 2.48. The van der Waals surface area contributed by atoms with Gasteiger partial charge in [0.15, 0.2) is 11.6 Å². The van der Waals surface area contributed by atoms with E-state index in [1.807, 2.05) is 6.92 Å². The lowest BCUT2D eigenvalue weighted by Gasteiger charge is -2.35. The Kier molecular flexibility index (Phi) is 5.00.